The maximum atomic E-state index is 7.75. The second-order valence-corrected chi connectivity index (χ2v) is 0.859. The zero-order chi connectivity index (χ0) is 6.99. The molecule has 0 spiro atoms. The van der Waals surface area contributed by atoms with Crippen molar-refractivity contribution in [2.75, 3.05) is 13.2 Å². The van der Waals surface area contributed by atoms with Gasteiger partial charge in [-0.25, -0.2) is 0 Å². The van der Waals surface area contributed by atoms with Crippen LogP contribution in [0.3, 0.4) is 0 Å². The van der Waals surface area contributed by atoms with E-state index in [1.165, 1.54) is 0 Å². The van der Waals surface area contributed by atoms with Crippen molar-refractivity contribution in [2.45, 2.75) is 0 Å². The molecule has 8 nitrogen and oxygen atoms in total. The summed E-state index contributed by atoms with van der Waals surface area (Å²) in [5.74, 6) is 0. The smallest absolute Gasteiger partial charge is 0.402 e. The molecule has 0 amide bonds. The van der Waals surface area contributed by atoms with Gasteiger partial charge in [0.1, 0.15) is 0 Å². The minimum absolute atomic E-state index is 0. The number of hydrogen-bond acceptors (Lipinski definition) is 8. The van der Waals surface area contributed by atoms with Crippen molar-refractivity contribution in [2.24, 2.45) is 5.73 Å². The molecule has 0 aliphatic heterocycles. The third-order valence-electron chi connectivity index (χ3n) is 0.129. The fraction of sp³-hybridized carbons (Fsp3) is 1.00. The molecular weight excluding hydrogens is 155 g/mol. The zero-order valence-electron chi connectivity index (χ0n) is 6.48. The van der Waals surface area contributed by atoms with E-state index in [4.69, 9.17) is 25.9 Å². The summed E-state index contributed by atoms with van der Waals surface area (Å²) >= 11 is 0. The van der Waals surface area contributed by atoms with Gasteiger partial charge in [0.2, 0.25) is 0 Å². The van der Waals surface area contributed by atoms with Gasteiger partial charge in [-0.05, 0) is 0 Å². The second kappa shape index (κ2) is 33.1. The number of rotatable bonds is 1. The molecule has 0 radical (unpaired) electrons. The molecule has 0 unspecified atom stereocenters. The molecule has 11 heavy (non-hydrogen) atoms. The Morgan fingerprint density at radius 3 is 1.09 bits per heavy atom. The average Bonchev–Trinajstić information content (AvgIpc) is 1.65. The van der Waals surface area contributed by atoms with E-state index in [0.29, 0.717) is 6.54 Å². The summed E-state index contributed by atoms with van der Waals surface area (Å²) < 4.78 is 0. The van der Waals surface area contributed by atoms with Crippen LogP contribution < -0.4 is 24.2 Å². The minimum atomic E-state index is -2.17. The van der Waals surface area contributed by atoms with E-state index in [-0.39, 0.29) is 25.1 Å². The Morgan fingerprint density at radius 1 is 1.00 bits per heavy atom. The van der Waals surface area contributed by atoms with Crippen molar-refractivity contribution < 1.29 is 20.2 Å². The fourth-order valence-corrected chi connectivity index (χ4v) is 0. The summed E-state index contributed by atoms with van der Waals surface area (Å²) in [7, 11) is -2.17. The molecule has 9 heteroatoms. The van der Waals surface area contributed by atoms with Gasteiger partial charge in [-0.3, -0.25) is 0 Å². The van der Waals surface area contributed by atoms with Gasteiger partial charge >= 0.3 is 7.32 Å². The fourth-order valence-electron chi connectivity index (χ4n) is 0. The van der Waals surface area contributed by atoms with Crippen LogP contribution in [0.15, 0.2) is 0 Å². The van der Waals surface area contributed by atoms with Gasteiger partial charge in [0.25, 0.3) is 0 Å². The van der Waals surface area contributed by atoms with Gasteiger partial charge in [-0.15, -0.1) is 0 Å². The van der Waals surface area contributed by atoms with E-state index in [9.17, 15) is 0 Å². The van der Waals surface area contributed by atoms with E-state index >= 15 is 0 Å². The quantitative estimate of drug-likeness (QED) is 0.196. The molecule has 0 rings (SSSR count). The lowest BCUT2D eigenvalue weighted by Crippen LogP contribution is -2.07. The van der Waals surface area contributed by atoms with Gasteiger partial charge in [0.15, 0.2) is 0 Å². The van der Waals surface area contributed by atoms with Crippen LogP contribution in [-0.2, 0) is 0 Å². The topological polar surface area (TPSA) is 212 Å². The second-order valence-electron chi connectivity index (χ2n) is 0.859. The average molecular weight is 174 g/mol. The van der Waals surface area contributed by atoms with Crippen LogP contribution in [0.1, 0.15) is 0 Å². The molecule has 74 valence electrons. The van der Waals surface area contributed by atoms with Gasteiger partial charge in [-0.2, -0.15) is 0 Å². The third-order valence-corrected chi connectivity index (χ3v) is 0.129. The molecular formula is C2H19BN4O4. The molecule has 0 heterocycles. The predicted molar refractivity (Wildman–Crippen MR) is 43.6 cm³/mol. The summed E-state index contributed by atoms with van der Waals surface area (Å²) in [6.07, 6.45) is 0. The first-order chi connectivity index (χ1) is 3.65. The largest absolute Gasteiger partial charge is 0.631 e. The highest BCUT2D eigenvalue weighted by Crippen LogP contribution is 1.40. The Kier molecular flexibility index (Phi) is 93.0. The van der Waals surface area contributed by atoms with E-state index in [2.05, 4.69) is 0 Å². The number of aliphatic hydroxyl groups is 1. The van der Waals surface area contributed by atoms with Crippen molar-refractivity contribution in [3.8, 4) is 0 Å². The van der Waals surface area contributed by atoms with Crippen LogP contribution in [0.5, 0.6) is 0 Å². The van der Waals surface area contributed by atoms with Crippen LogP contribution in [0, 0.1) is 0 Å². The molecule has 0 aromatic heterocycles. The first-order valence-corrected chi connectivity index (χ1v) is 2.00. The highest BCUT2D eigenvalue weighted by molar-refractivity contribution is 6.30. The molecule has 0 aliphatic carbocycles. The van der Waals surface area contributed by atoms with Crippen molar-refractivity contribution in [1.82, 2.24) is 18.5 Å². The van der Waals surface area contributed by atoms with Crippen molar-refractivity contribution in [1.29, 1.82) is 0 Å². The van der Waals surface area contributed by atoms with Gasteiger partial charge in [0, 0.05) is 6.54 Å². The number of hydrogen-bond donors (Lipinski definition) is 8. The van der Waals surface area contributed by atoms with Crippen LogP contribution in [-0.4, -0.2) is 40.7 Å². The summed E-state index contributed by atoms with van der Waals surface area (Å²) in [5, 5.41) is 29.3. The van der Waals surface area contributed by atoms with E-state index in [0.717, 1.165) is 0 Å². The van der Waals surface area contributed by atoms with Gasteiger partial charge in [-0.1, -0.05) is 0 Å². The Hall–Kier alpha value is -0.255. The zero-order valence-corrected chi connectivity index (χ0v) is 6.48. The van der Waals surface area contributed by atoms with Crippen molar-refractivity contribution >= 4 is 7.32 Å². The lowest BCUT2D eigenvalue weighted by molar-refractivity contribution is 0.278. The van der Waals surface area contributed by atoms with Crippen molar-refractivity contribution in [3.63, 3.8) is 0 Å². The van der Waals surface area contributed by atoms with E-state index in [1.54, 1.807) is 0 Å². The highest BCUT2D eigenvalue weighted by atomic mass is 16.5. The van der Waals surface area contributed by atoms with Crippen LogP contribution >= 0.6 is 0 Å². The first kappa shape index (κ1) is 30.9. The van der Waals surface area contributed by atoms with Crippen molar-refractivity contribution in [3.05, 3.63) is 0 Å². The normalized spacial score (nSPS) is 5.18. The Labute approximate surface area is 66.0 Å². The van der Waals surface area contributed by atoms with Crippen LogP contribution in [0.2, 0.25) is 0 Å². The molecule has 0 aromatic carbocycles. The van der Waals surface area contributed by atoms with Crippen LogP contribution in [0.25, 0.3) is 0 Å². The van der Waals surface area contributed by atoms with E-state index in [1.807, 2.05) is 0 Å². The van der Waals surface area contributed by atoms with E-state index < -0.39 is 7.32 Å². The van der Waals surface area contributed by atoms with Crippen LogP contribution in [0.4, 0.5) is 0 Å². The summed E-state index contributed by atoms with van der Waals surface area (Å²) in [6.45, 7) is 0.472. The highest BCUT2D eigenvalue weighted by Gasteiger charge is 1.92. The predicted octanol–water partition coefficient (Wildman–Crippen LogP) is -2.63. The minimum Gasteiger partial charge on any atom is -0.402 e. The molecule has 0 bridgehead atoms. The summed E-state index contributed by atoms with van der Waals surface area (Å²) in [4.78, 5) is 0. The molecule has 0 fully saturated rings. The number of aliphatic hydroxyl groups excluding tert-OH is 1. The number of nitrogens with two attached hydrogens (primary N) is 1. The Bertz CT molecular complexity index is 36.5. The van der Waals surface area contributed by atoms with Gasteiger partial charge < -0.3 is 44.4 Å². The summed E-state index contributed by atoms with van der Waals surface area (Å²) in [6, 6.07) is 0. The summed E-state index contributed by atoms with van der Waals surface area (Å²) in [5.41, 5.74) is 4.78. The molecule has 0 aliphatic rings. The molecule has 0 aromatic rings. The Balaban J connectivity index is -0.0000000171. The molecule has 0 saturated carbocycles. The van der Waals surface area contributed by atoms with Gasteiger partial charge in [0.05, 0.1) is 6.61 Å². The molecule has 0 saturated heterocycles. The monoisotopic (exact) mass is 174 g/mol. The maximum Gasteiger partial charge on any atom is 0.631 e. The standard InChI is InChI=1S/C2H7NO.BH3O3.3H3N/c3-1-2-4;2-1(3)4;;;/h4H,1-3H2;2-4H;3*1H3. The Morgan fingerprint density at radius 2 is 1.09 bits per heavy atom. The lowest BCUT2D eigenvalue weighted by atomic mass is 10.3. The maximum absolute atomic E-state index is 7.75. The first-order valence-electron chi connectivity index (χ1n) is 2.00. The molecule has 0 atom stereocenters. The SMILES string of the molecule is N.N.N.NCCO.OB(O)O. The lowest BCUT2D eigenvalue weighted by Gasteiger charge is -1.71. The molecule has 15 N–H and O–H groups in total. The third kappa shape index (κ3) is 1050.